The van der Waals surface area contributed by atoms with Crippen LogP contribution >= 0.6 is 22.9 Å². The lowest BCUT2D eigenvalue weighted by Gasteiger charge is -2.45. The van der Waals surface area contributed by atoms with Gasteiger partial charge in [0.2, 0.25) is 0 Å². The molecule has 0 radical (unpaired) electrons. The number of amides is 4. The third-order valence-electron chi connectivity index (χ3n) is 11.6. The fraction of sp³-hybridized carbons (Fsp3) is 0.629. The number of piperidine rings is 2. The fourth-order valence-corrected chi connectivity index (χ4v) is 9.82. The highest BCUT2D eigenvalue weighted by Crippen LogP contribution is 2.40. The Bertz CT molecular complexity index is 1610. The van der Waals surface area contributed by atoms with Crippen molar-refractivity contribution in [2.24, 2.45) is 0 Å². The Balaban J connectivity index is 1.03. The van der Waals surface area contributed by atoms with E-state index < -0.39 is 29.8 Å². The van der Waals surface area contributed by atoms with Crippen LogP contribution < -0.4 is 10.6 Å². The highest BCUT2D eigenvalue weighted by Gasteiger charge is 2.42. The number of piperazine rings is 1. The van der Waals surface area contributed by atoms with Crippen LogP contribution in [0.4, 0.5) is 33.4 Å². The summed E-state index contributed by atoms with van der Waals surface area (Å²) in [6.07, 6.45) is -1.29. The molecule has 0 aliphatic carbocycles. The lowest BCUT2D eigenvalue weighted by molar-refractivity contribution is -0.143. The quantitative estimate of drug-likeness (QED) is 0.370. The zero-order valence-corrected chi connectivity index (χ0v) is 30.5. The van der Waals surface area contributed by atoms with Crippen molar-refractivity contribution in [3.63, 3.8) is 0 Å². The lowest BCUT2D eigenvalue weighted by atomic mass is 9.96. The van der Waals surface area contributed by atoms with E-state index in [4.69, 9.17) is 16.3 Å². The van der Waals surface area contributed by atoms with Gasteiger partial charge in [-0.3, -0.25) is 15.0 Å². The molecule has 51 heavy (non-hydrogen) atoms. The number of nitrogens with one attached hydrogen (secondary N) is 2. The molecule has 11 nitrogen and oxygen atoms in total. The largest absolute Gasteiger partial charge is 0.436 e. The second kappa shape index (κ2) is 14.6. The molecule has 278 valence electrons. The van der Waals surface area contributed by atoms with Crippen molar-refractivity contribution in [2.75, 3.05) is 64.0 Å². The highest BCUT2D eigenvalue weighted by molar-refractivity contribution is 7.14. The molecule has 0 spiro atoms. The van der Waals surface area contributed by atoms with Crippen molar-refractivity contribution >= 4 is 51.7 Å². The smallest absolute Gasteiger partial charge is 0.418 e. The maximum Gasteiger partial charge on any atom is 0.418 e. The van der Waals surface area contributed by atoms with Gasteiger partial charge in [0.1, 0.15) is 5.00 Å². The van der Waals surface area contributed by atoms with Crippen molar-refractivity contribution < 1.29 is 32.3 Å². The first-order valence-corrected chi connectivity index (χ1v) is 19.1. The van der Waals surface area contributed by atoms with E-state index in [1.165, 1.54) is 42.2 Å². The van der Waals surface area contributed by atoms with E-state index in [0.717, 1.165) is 29.5 Å². The van der Waals surface area contributed by atoms with Gasteiger partial charge in [0.15, 0.2) is 6.10 Å². The van der Waals surface area contributed by atoms with E-state index in [1.54, 1.807) is 9.80 Å². The van der Waals surface area contributed by atoms with E-state index in [2.05, 4.69) is 27.5 Å². The second-order valence-corrected chi connectivity index (χ2v) is 15.7. The Labute approximate surface area is 305 Å². The predicted molar refractivity (Wildman–Crippen MR) is 189 cm³/mol. The Morgan fingerprint density at radius 2 is 1.69 bits per heavy atom. The molecule has 2 unspecified atom stereocenters. The summed E-state index contributed by atoms with van der Waals surface area (Å²) in [6, 6.07) is 5.75. The van der Waals surface area contributed by atoms with Crippen molar-refractivity contribution in [3.8, 4) is 0 Å². The molecule has 2 N–H and O–H groups in total. The zero-order valence-electron chi connectivity index (χ0n) is 28.9. The van der Waals surface area contributed by atoms with Gasteiger partial charge in [-0.1, -0.05) is 11.6 Å². The zero-order chi connectivity index (χ0) is 36.0. The number of urea groups is 1. The third kappa shape index (κ3) is 7.49. The number of alkyl halides is 3. The lowest BCUT2D eigenvalue weighted by Crippen LogP contribution is -2.57. The first-order valence-electron chi connectivity index (χ1n) is 17.8. The maximum absolute atomic E-state index is 14.1. The van der Waals surface area contributed by atoms with Gasteiger partial charge in [0.05, 0.1) is 22.8 Å². The third-order valence-corrected chi connectivity index (χ3v) is 12.8. The standard InChI is InChI=1S/C35H45ClF3N7O4S/c1-40-30-27(35(37,38)39)15-21(16-28(30)36)17-29(32(47)44-12-10-43(11-13-44)26-18-24-3-4-25(19-26)42(24)2)50-34(49)45-8-5-23(6-9-45)46-20-22-7-14-51-31(22)41-33(46)48/h7,14-16,23-26,29,40H,3-6,8-13,17-20H2,1-2H3,(H,41,48)/t24?,25?,26?,29-/m1/s1. The minimum Gasteiger partial charge on any atom is -0.436 e. The number of rotatable bonds is 7. The molecule has 5 aliphatic heterocycles. The Morgan fingerprint density at radius 1 is 1.00 bits per heavy atom. The van der Waals surface area contributed by atoms with Crippen LogP contribution in [0, 0.1) is 0 Å². The predicted octanol–water partition coefficient (Wildman–Crippen LogP) is 5.79. The van der Waals surface area contributed by atoms with E-state index in [1.807, 2.05) is 11.4 Å². The molecule has 7 rings (SSSR count). The number of thiophene rings is 1. The number of ether oxygens (including phenoxy) is 1. The first kappa shape index (κ1) is 36.1. The number of benzene rings is 1. The van der Waals surface area contributed by atoms with Crippen molar-refractivity contribution in [2.45, 2.75) is 87.9 Å². The molecular formula is C35H45ClF3N7O4S. The Hall–Kier alpha value is -3.27. The van der Waals surface area contributed by atoms with E-state index >= 15 is 0 Å². The van der Waals surface area contributed by atoms with Crippen LogP contribution in [0.5, 0.6) is 0 Å². The van der Waals surface area contributed by atoms with Gasteiger partial charge in [0.25, 0.3) is 5.91 Å². The highest BCUT2D eigenvalue weighted by atomic mass is 35.5. The first-order chi connectivity index (χ1) is 24.4. The molecule has 4 fully saturated rings. The molecule has 3 atom stereocenters. The monoisotopic (exact) mass is 751 g/mol. The van der Waals surface area contributed by atoms with Gasteiger partial charge in [-0.05, 0) is 74.7 Å². The van der Waals surface area contributed by atoms with Gasteiger partial charge >= 0.3 is 18.3 Å². The summed E-state index contributed by atoms with van der Waals surface area (Å²) in [5.41, 5.74) is -0.0185. The molecular weight excluding hydrogens is 707 g/mol. The minimum absolute atomic E-state index is 0.0794. The molecule has 1 aromatic carbocycles. The normalized spacial score (nSPS) is 25.4. The summed E-state index contributed by atoms with van der Waals surface area (Å²) in [7, 11) is 3.57. The van der Waals surface area contributed by atoms with Crippen LogP contribution in [0.2, 0.25) is 5.02 Å². The van der Waals surface area contributed by atoms with Gasteiger partial charge < -0.3 is 29.7 Å². The molecule has 5 aliphatic rings. The van der Waals surface area contributed by atoms with E-state index in [-0.39, 0.29) is 34.8 Å². The summed E-state index contributed by atoms with van der Waals surface area (Å²) in [4.78, 5) is 50.5. The average Bonchev–Trinajstić information content (AvgIpc) is 3.63. The van der Waals surface area contributed by atoms with E-state index in [9.17, 15) is 27.6 Å². The number of carbonyl (C=O) groups is 3. The Kier molecular flexibility index (Phi) is 10.4. The van der Waals surface area contributed by atoms with Crippen LogP contribution in [-0.4, -0.2) is 126 Å². The topological polar surface area (TPSA) is 101 Å². The molecule has 6 heterocycles. The fourth-order valence-electron chi connectivity index (χ4n) is 8.69. The number of carbonyl (C=O) groups excluding carboxylic acids is 3. The number of nitrogens with zero attached hydrogens (tertiary/aromatic N) is 5. The molecule has 4 saturated heterocycles. The second-order valence-electron chi connectivity index (χ2n) is 14.4. The summed E-state index contributed by atoms with van der Waals surface area (Å²) in [5, 5.41) is 8.11. The molecule has 2 aromatic rings. The van der Waals surface area contributed by atoms with Crippen LogP contribution in [-0.2, 0) is 28.7 Å². The summed E-state index contributed by atoms with van der Waals surface area (Å²) >= 11 is 7.78. The van der Waals surface area contributed by atoms with E-state index in [0.29, 0.717) is 76.8 Å². The Morgan fingerprint density at radius 3 is 2.33 bits per heavy atom. The average molecular weight is 752 g/mol. The van der Waals surface area contributed by atoms with Gasteiger partial charge in [-0.25, -0.2) is 9.59 Å². The SMILES string of the molecule is CNc1c(Cl)cc(C[C@@H](OC(=O)N2CCC(N3Cc4ccsc4NC3=O)CC2)C(=O)N2CCN(C3CC4CCC(C3)N4C)CC2)cc1C(F)(F)F. The molecule has 16 heteroatoms. The number of anilines is 2. The van der Waals surface area contributed by atoms with Gasteiger partial charge in [0, 0.05) is 82.5 Å². The minimum atomic E-state index is -4.70. The summed E-state index contributed by atoms with van der Waals surface area (Å²) in [6.45, 7) is 3.37. The summed E-state index contributed by atoms with van der Waals surface area (Å²) < 4.78 is 48.0. The van der Waals surface area contributed by atoms with Gasteiger partial charge in [-0.15, -0.1) is 11.3 Å². The van der Waals surface area contributed by atoms with Crippen molar-refractivity contribution in [1.82, 2.24) is 24.5 Å². The number of likely N-dealkylation sites (tertiary alicyclic amines) is 1. The molecule has 0 saturated carbocycles. The maximum atomic E-state index is 14.1. The molecule has 2 bridgehead atoms. The number of hydrogen-bond donors (Lipinski definition) is 2. The van der Waals surface area contributed by atoms with Crippen molar-refractivity contribution in [1.29, 1.82) is 0 Å². The van der Waals surface area contributed by atoms with Crippen LogP contribution in [0.15, 0.2) is 23.6 Å². The van der Waals surface area contributed by atoms with Gasteiger partial charge in [-0.2, -0.15) is 13.2 Å². The number of fused-ring (bicyclic) bond motifs is 3. The van der Waals surface area contributed by atoms with Crippen LogP contribution in [0.25, 0.3) is 0 Å². The van der Waals surface area contributed by atoms with Crippen molar-refractivity contribution in [3.05, 3.63) is 45.3 Å². The number of hydrogen-bond acceptors (Lipinski definition) is 8. The summed E-state index contributed by atoms with van der Waals surface area (Å²) in [5.74, 6) is -0.430. The van der Waals surface area contributed by atoms with Crippen LogP contribution in [0.1, 0.15) is 55.2 Å². The number of halogens is 4. The molecule has 4 amide bonds. The molecule has 1 aromatic heterocycles. The van der Waals surface area contributed by atoms with Crippen LogP contribution in [0.3, 0.4) is 0 Å².